The van der Waals surface area contributed by atoms with E-state index in [0.717, 1.165) is 65.6 Å². The lowest BCUT2D eigenvalue weighted by atomic mass is 9.97. The van der Waals surface area contributed by atoms with Crippen molar-refractivity contribution in [2.45, 2.75) is 39.0 Å². The van der Waals surface area contributed by atoms with Crippen LogP contribution in [-0.4, -0.2) is 65.4 Å². The van der Waals surface area contributed by atoms with Crippen molar-refractivity contribution in [2.75, 3.05) is 45.1 Å². The summed E-state index contributed by atoms with van der Waals surface area (Å²) >= 11 is 1.49. The normalized spacial score (nSPS) is 18.4. The number of thiophene rings is 1. The lowest BCUT2D eigenvalue weighted by molar-refractivity contribution is 0.0668. The van der Waals surface area contributed by atoms with Gasteiger partial charge in [0.15, 0.2) is 0 Å². The van der Waals surface area contributed by atoms with Crippen molar-refractivity contribution in [1.29, 1.82) is 0 Å². The molecule has 2 aliphatic rings. The Morgan fingerprint density at radius 3 is 2.79 bits per heavy atom. The number of hydrogen-bond acceptors (Lipinski definition) is 6. The van der Waals surface area contributed by atoms with Crippen LogP contribution in [0.2, 0.25) is 0 Å². The molecule has 1 saturated heterocycles. The Balaban J connectivity index is 1.51. The third kappa shape index (κ3) is 4.05. The van der Waals surface area contributed by atoms with Crippen molar-refractivity contribution in [3.8, 4) is 0 Å². The minimum absolute atomic E-state index is 0.131. The lowest BCUT2D eigenvalue weighted by Crippen LogP contribution is -2.47. The number of rotatable bonds is 5. The summed E-state index contributed by atoms with van der Waals surface area (Å²) in [6.45, 7) is 6.33. The summed E-state index contributed by atoms with van der Waals surface area (Å²) in [5.74, 6) is 0.986. The number of piperazine rings is 1. The molecule has 150 valence electrons. The number of nitrogens with zero attached hydrogens (tertiary/aromatic N) is 4. The molecule has 1 amide bonds. The van der Waals surface area contributed by atoms with Crippen LogP contribution in [0.1, 0.15) is 47.3 Å². The molecule has 0 unspecified atom stereocenters. The van der Waals surface area contributed by atoms with E-state index in [4.69, 9.17) is 0 Å². The van der Waals surface area contributed by atoms with Gasteiger partial charge < -0.3 is 15.1 Å². The monoisotopic (exact) mass is 399 g/mol. The molecule has 0 aromatic carbocycles. The van der Waals surface area contributed by atoms with Gasteiger partial charge in [-0.05, 0) is 51.6 Å². The van der Waals surface area contributed by atoms with Crippen molar-refractivity contribution >= 4 is 33.3 Å². The van der Waals surface area contributed by atoms with Crippen molar-refractivity contribution in [1.82, 2.24) is 19.8 Å². The van der Waals surface area contributed by atoms with Crippen molar-refractivity contribution in [3.05, 3.63) is 28.4 Å². The average Bonchev–Trinajstić information content (AvgIpc) is 3.06. The van der Waals surface area contributed by atoms with Crippen LogP contribution in [0.3, 0.4) is 0 Å². The second-order valence-electron chi connectivity index (χ2n) is 7.84. The Labute approximate surface area is 170 Å². The van der Waals surface area contributed by atoms with E-state index < -0.39 is 0 Å². The van der Waals surface area contributed by atoms with Gasteiger partial charge in [-0.1, -0.05) is 11.6 Å². The van der Waals surface area contributed by atoms with Crippen LogP contribution >= 0.6 is 11.3 Å². The average molecular weight is 400 g/mol. The molecule has 0 atom stereocenters. The molecule has 1 N–H and O–H groups in total. The quantitative estimate of drug-likeness (QED) is 0.777. The van der Waals surface area contributed by atoms with Crippen molar-refractivity contribution < 1.29 is 4.79 Å². The van der Waals surface area contributed by atoms with Gasteiger partial charge >= 0.3 is 0 Å². The van der Waals surface area contributed by atoms with Gasteiger partial charge in [-0.15, -0.1) is 11.3 Å². The van der Waals surface area contributed by atoms with E-state index in [0.29, 0.717) is 0 Å². The molecule has 0 radical (unpaired) electrons. The molecule has 7 heteroatoms. The van der Waals surface area contributed by atoms with Crippen LogP contribution in [0.5, 0.6) is 0 Å². The highest BCUT2D eigenvalue weighted by Gasteiger charge is 2.25. The highest BCUT2D eigenvalue weighted by atomic mass is 32.1. The van der Waals surface area contributed by atoms with Crippen molar-refractivity contribution in [3.63, 3.8) is 0 Å². The number of aromatic nitrogens is 2. The summed E-state index contributed by atoms with van der Waals surface area (Å²) in [5, 5.41) is 4.50. The van der Waals surface area contributed by atoms with E-state index in [9.17, 15) is 4.79 Å². The highest BCUT2D eigenvalue weighted by Crippen LogP contribution is 2.34. The van der Waals surface area contributed by atoms with Gasteiger partial charge in [0.05, 0.1) is 10.3 Å². The summed E-state index contributed by atoms with van der Waals surface area (Å²) in [6.07, 6.45) is 10.1. The van der Waals surface area contributed by atoms with Gasteiger partial charge in [0.2, 0.25) is 0 Å². The van der Waals surface area contributed by atoms with E-state index in [1.807, 2.05) is 11.8 Å². The van der Waals surface area contributed by atoms with E-state index in [2.05, 4.69) is 33.3 Å². The van der Waals surface area contributed by atoms with E-state index in [-0.39, 0.29) is 5.91 Å². The maximum Gasteiger partial charge on any atom is 0.264 e. The first kappa shape index (κ1) is 19.3. The molecule has 3 heterocycles. The number of carbonyl (C=O) groups is 1. The molecule has 4 rings (SSSR count). The van der Waals surface area contributed by atoms with Gasteiger partial charge in [-0.25, -0.2) is 9.97 Å². The maximum atomic E-state index is 13.1. The van der Waals surface area contributed by atoms with Crippen LogP contribution in [0.15, 0.2) is 18.0 Å². The molecule has 0 saturated carbocycles. The summed E-state index contributed by atoms with van der Waals surface area (Å²) in [6, 6.07) is 0. The minimum Gasteiger partial charge on any atom is -0.369 e. The van der Waals surface area contributed by atoms with Crippen LogP contribution < -0.4 is 5.32 Å². The maximum absolute atomic E-state index is 13.1. The zero-order valence-corrected chi connectivity index (χ0v) is 17.6. The topological polar surface area (TPSA) is 61.4 Å². The van der Waals surface area contributed by atoms with Crippen molar-refractivity contribution in [2.24, 2.45) is 0 Å². The molecule has 28 heavy (non-hydrogen) atoms. The standard InChI is InChI=1S/C21H29N5OS/c1-15-17-19(22-9-8-16-6-4-3-5-7-16)23-14-24-20(17)28-18(15)21(27)26-12-10-25(2)11-13-26/h6,14H,3-5,7-13H2,1-2H3,(H,22,23,24). The third-order valence-corrected chi connectivity index (χ3v) is 7.02. The van der Waals surface area contributed by atoms with Crippen LogP contribution in [0, 0.1) is 6.92 Å². The smallest absolute Gasteiger partial charge is 0.264 e. The van der Waals surface area contributed by atoms with Gasteiger partial charge in [-0.3, -0.25) is 4.79 Å². The largest absolute Gasteiger partial charge is 0.369 e. The summed E-state index contributed by atoms with van der Waals surface area (Å²) < 4.78 is 0. The Bertz CT molecular complexity index is 882. The predicted octanol–water partition coefficient (Wildman–Crippen LogP) is 3.69. The second-order valence-corrected chi connectivity index (χ2v) is 8.84. The van der Waals surface area contributed by atoms with Crippen LogP contribution in [0.25, 0.3) is 10.2 Å². The van der Waals surface area contributed by atoms with Gasteiger partial charge in [0, 0.05) is 32.7 Å². The summed E-state index contributed by atoms with van der Waals surface area (Å²) in [4.78, 5) is 27.9. The number of fused-ring (bicyclic) bond motifs is 1. The Kier molecular flexibility index (Phi) is 5.92. The van der Waals surface area contributed by atoms with Gasteiger partial charge in [0.1, 0.15) is 17.0 Å². The first-order valence-corrected chi connectivity index (χ1v) is 11.1. The Morgan fingerprint density at radius 1 is 1.21 bits per heavy atom. The number of anilines is 1. The number of aryl methyl sites for hydroxylation is 1. The summed E-state index contributed by atoms with van der Waals surface area (Å²) in [5.41, 5.74) is 2.56. The molecule has 1 fully saturated rings. The fourth-order valence-corrected chi connectivity index (χ4v) is 5.15. The fraction of sp³-hybridized carbons (Fsp3) is 0.571. The fourth-order valence-electron chi connectivity index (χ4n) is 4.04. The SMILES string of the molecule is Cc1c(C(=O)N2CCN(C)CC2)sc2ncnc(NCCC3=CCCCC3)c12. The molecule has 2 aromatic rings. The number of carbonyl (C=O) groups excluding carboxylic acids is 1. The Morgan fingerprint density at radius 2 is 2.04 bits per heavy atom. The molecular formula is C21H29N5OS. The molecule has 0 spiro atoms. The molecule has 6 nitrogen and oxygen atoms in total. The zero-order valence-electron chi connectivity index (χ0n) is 16.8. The summed E-state index contributed by atoms with van der Waals surface area (Å²) in [7, 11) is 2.10. The third-order valence-electron chi connectivity index (χ3n) is 5.84. The van der Waals surface area contributed by atoms with Crippen LogP contribution in [0.4, 0.5) is 5.82 Å². The van der Waals surface area contributed by atoms with E-state index in [1.165, 1.54) is 37.0 Å². The number of hydrogen-bond donors (Lipinski definition) is 1. The van der Waals surface area contributed by atoms with E-state index in [1.54, 1.807) is 11.9 Å². The molecule has 1 aliphatic heterocycles. The van der Waals surface area contributed by atoms with Gasteiger partial charge in [0.25, 0.3) is 5.91 Å². The highest BCUT2D eigenvalue weighted by molar-refractivity contribution is 7.20. The first-order chi connectivity index (χ1) is 13.6. The number of amides is 1. The van der Waals surface area contributed by atoms with Crippen LogP contribution in [-0.2, 0) is 0 Å². The molecular weight excluding hydrogens is 370 g/mol. The Hall–Kier alpha value is -1.99. The minimum atomic E-state index is 0.131. The lowest BCUT2D eigenvalue weighted by Gasteiger charge is -2.32. The van der Waals surface area contributed by atoms with E-state index >= 15 is 0 Å². The first-order valence-electron chi connectivity index (χ1n) is 10.3. The van der Waals surface area contributed by atoms with Gasteiger partial charge in [-0.2, -0.15) is 0 Å². The molecule has 2 aromatic heterocycles. The number of nitrogens with one attached hydrogen (secondary N) is 1. The predicted molar refractivity (Wildman–Crippen MR) is 115 cm³/mol. The molecule has 0 bridgehead atoms. The number of likely N-dealkylation sites (N-methyl/N-ethyl adjacent to an activating group) is 1. The second kappa shape index (κ2) is 8.57. The number of allylic oxidation sites excluding steroid dienone is 1. The molecule has 1 aliphatic carbocycles. The zero-order chi connectivity index (χ0) is 19.5.